The van der Waals surface area contributed by atoms with Crippen molar-refractivity contribution in [1.29, 1.82) is 0 Å². The van der Waals surface area contributed by atoms with E-state index in [9.17, 15) is 18.0 Å². The van der Waals surface area contributed by atoms with Crippen molar-refractivity contribution in [2.24, 2.45) is 11.8 Å². The Morgan fingerprint density at radius 2 is 1.91 bits per heavy atom. The minimum absolute atomic E-state index is 0.140. The zero-order valence-corrected chi connectivity index (χ0v) is 13.5. The predicted octanol–water partition coefficient (Wildman–Crippen LogP) is 1.71. The molecule has 0 amide bonds. The van der Waals surface area contributed by atoms with Crippen LogP contribution in [0, 0.1) is 11.8 Å². The Kier molecular flexibility index (Phi) is 8.28. The van der Waals surface area contributed by atoms with Gasteiger partial charge in [-0.2, -0.15) is 13.2 Å². The number of carboxylic acid groups (broad SMARTS) is 1. The molecule has 2 atom stereocenters. The highest BCUT2D eigenvalue weighted by atomic mass is 19.4. The van der Waals surface area contributed by atoms with Crippen molar-refractivity contribution in [3.05, 3.63) is 0 Å². The van der Waals surface area contributed by atoms with E-state index in [0.29, 0.717) is 32.5 Å². The fourth-order valence-corrected chi connectivity index (χ4v) is 2.91. The quantitative estimate of drug-likeness (QED) is 0.729. The van der Waals surface area contributed by atoms with Gasteiger partial charge in [0, 0.05) is 6.54 Å². The number of piperidine rings is 2. The van der Waals surface area contributed by atoms with Crippen molar-refractivity contribution >= 4 is 5.97 Å². The van der Waals surface area contributed by atoms with Crippen LogP contribution < -0.4 is 5.32 Å². The molecule has 0 aromatic heterocycles. The largest absolute Gasteiger partial charge is 0.481 e. The predicted molar refractivity (Wildman–Crippen MR) is 80.1 cm³/mol. The van der Waals surface area contributed by atoms with E-state index in [2.05, 4.69) is 10.2 Å². The topological polar surface area (TPSA) is 72.8 Å². The molecule has 2 aliphatic rings. The second kappa shape index (κ2) is 9.44. The van der Waals surface area contributed by atoms with Crippen molar-refractivity contribution in [1.82, 2.24) is 10.2 Å². The van der Waals surface area contributed by atoms with Gasteiger partial charge in [0.2, 0.25) is 0 Å². The van der Waals surface area contributed by atoms with E-state index >= 15 is 0 Å². The molecule has 0 aliphatic carbocycles. The summed E-state index contributed by atoms with van der Waals surface area (Å²) in [7, 11) is 0. The summed E-state index contributed by atoms with van der Waals surface area (Å²) in [4.78, 5) is 12.4. The van der Waals surface area contributed by atoms with Crippen LogP contribution in [0.25, 0.3) is 0 Å². The number of nitrogens with one attached hydrogen (secondary N) is 1. The molecule has 3 N–H and O–H groups in total. The Morgan fingerprint density at radius 3 is 2.26 bits per heavy atom. The first-order chi connectivity index (χ1) is 10.8. The van der Waals surface area contributed by atoms with Crippen LogP contribution in [0.15, 0.2) is 0 Å². The van der Waals surface area contributed by atoms with Gasteiger partial charge >= 0.3 is 12.1 Å². The average molecular weight is 340 g/mol. The zero-order valence-electron chi connectivity index (χ0n) is 13.5. The molecular weight excluding hydrogens is 313 g/mol. The number of rotatable bonds is 3. The summed E-state index contributed by atoms with van der Waals surface area (Å²) in [6.07, 6.45) is -3.89. The van der Waals surface area contributed by atoms with Gasteiger partial charge in [-0.05, 0) is 57.8 Å². The molecule has 2 saturated heterocycles. The standard InChI is InChI=1S/C9H16F3NO.C6H11NO2/c1-2-13-5-3-7(4-6-13)8(14)9(10,11)12;8-6(9)5-2-1-3-7-4-5/h7-8,14H,2-6H2,1H3;5,7H,1-4H2,(H,8,9)/t;5-/m.0/s1. The molecule has 8 heteroatoms. The van der Waals surface area contributed by atoms with Gasteiger partial charge in [0.05, 0.1) is 5.92 Å². The van der Waals surface area contributed by atoms with Gasteiger partial charge in [-0.15, -0.1) is 0 Å². The van der Waals surface area contributed by atoms with E-state index in [1.807, 2.05) is 6.92 Å². The van der Waals surface area contributed by atoms with Gasteiger partial charge in [0.25, 0.3) is 0 Å². The second-order valence-electron chi connectivity index (χ2n) is 6.14. The first-order valence-electron chi connectivity index (χ1n) is 8.16. The van der Waals surface area contributed by atoms with Crippen LogP contribution >= 0.6 is 0 Å². The lowest BCUT2D eigenvalue weighted by Crippen LogP contribution is -2.43. The summed E-state index contributed by atoms with van der Waals surface area (Å²) >= 11 is 0. The zero-order chi connectivity index (χ0) is 17.5. The molecule has 0 radical (unpaired) electrons. The molecule has 5 nitrogen and oxygen atoms in total. The smallest absolute Gasteiger partial charge is 0.414 e. The van der Waals surface area contributed by atoms with E-state index in [1.54, 1.807) is 0 Å². The highest BCUT2D eigenvalue weighted by Crippen LogP contribution is 2.31. The van der Waals surface area contributed by atoms with Crippen LogP contribution in [0.3, 0.4) is 0 Å². The molecule has 23 heavy (non-hydrogen) atoms. The summed E-state index contributed by atoms with van der Waals surface area (Å²) in [5, 5.41) is 20.6. The Bertz CT molecular complexity index is 352. The maximum atomic E-state index is 12.1. The van der Waals surface area contributed by atoms with Crippen molar-refractivity contribution < 1.29 is 28.2 Å². The lowest BCUT2D eigenvalue weighted by molar-refractivity contribution is -0.223. The molecule has 0 aromatic carbocycles. The van der Waals surface area contributed by atoms with Crippen LogP contribution in [0.4, 0.5) is 13.2 Å². The van der Waals surface area contributed by atoms with Crippen molar-refractivity contribution in [3.8, 4) is 0 Å². The molecule has 2 heterocycles. The summed E-state index contributed by atoms with van der Waals surface area (Å²) in [6, 6.07) is 0. The third-order valence-electron chi connectivity index (χ3n) is 4.51. The monoisotopic (exact) mass is 340 g/mol. The van der Waals surface area contributed by atoms with Crippen LogP contribution in [0.5, 0.6) is 0 Å². The maximum Gasteiger partial charge on any atom is 0.414 e. The molecular formula is C15H27F3N2O3. The lowest BCUT2D eigenvalue weighted by atomic mass is 9.91. The SMILES string of the molecule is CCN1CCC(C(O)C(F)(F)F)CC1.O=C(O)[C@H]1CCCNC1. The Hall–Kier alpha value is -0.860. The van der Waals surface area contributed by atoms with E-state index in [1.165, 1.54) is 0 Å². The lowest BCUT2D eigenvalue weighted by Gasteiger charge is -2.34. The maximum absolute atomic E-state index is 12.1. The molecule has 2 fully saturated rings. The number of aliphatic carboxylic acids is 1. The number of carbonyl (C=O) groups is 1. The summed E-state index contributed by atoms with van der Waals surface area (Å²) < 4.78 is 36.4. The summed E-state index contributed by atoms with van der Waals surface area (Å²) in [5.41, 5.74) is 0. The van der Waals surface area contributed by atoms with E-state index in [0.717, 1.165) is 25.9 Å². The van der Waals surface area contributed by atoms with E-state index in [4.69, 9.17) is 10.2 Å². The fourth-order valence-electron chi connectivity index (χ4n) is 2.91. The number of carboxylic acids is 1. The second-order valence-corrected chi connectivity index (χ2v) is 6.14. The first-order valence-corrected chi connectivity index (χ1v) is 8.16. The number of nitrogens with zero attached hydrogens (tertiary/aromatic N) is 1. The van der Waals surface area contributed by atoms with Gasteiger partial charge in [-0.25, -0.2) is 0 Å². The number of aliphatic hydroxyl groups excluding tert-OH is 1. The number of halogens is 3. The number of likely N-dealkylation sites (tertiary alicyclic amines) is 1. The van der Waals surface area contributed by atoms with Crippen LogP contribution in [-0.2, 0) is 4.79 Å². The highest BCUT2D eigenvalue weighted by Gasteiger charge is 2.43. The van der Waals surface area contributed by atoms with Crippen molar-refractivity contribution in [2.45, 2.75) is 44.9 Å². The van der Waals surface area contributed by atoms with Crippen molar-refractivity contribution in [2.75, 3.05) is 32.7 Å². The molecule has 2 rings (SSSR count). The van der Waals surface area contributed by atoms with Gasteiger partial charge in [0.1, 0.15) is 0 Å². The van der Waals surface area contributed by atoms with Crippen molar-refractivity contribution in [3.63, 3.8) is 0 Å². The minimum atomic E-state index is -4.46. The number of hydrogen-bond donors (Lipinski definition) is 3. The fraction of sp³-hybridized carbons (Fsp3) is 0.933. The van der Waals surface area contributed by atoms with E-state index < -0.39 is 24.2 Å². The average Bonchev–Trinajstić information content (AvgIpc) is 2.55. The molecule has 0 bridgehead atoms. The molecule has 0 aromatic rings. The Labute approximate surface area is 134 Å². The molecule has 0 saturated carbocycles. The van der Waals surface area contributed by atoms with Gasteiger partial charge in [-0.3, -0.25) is 4.79 Å². The number of aliphatic hydroxyl groups is 1. The third kappa shape index (κ3) is 7.05. The summed E-state index contributed by atoms with van der Waals surface area (Å²) in [5.74, 6) is -1.42. The van der Waals surface area contributed by atoms with Gasteiger partial charge in [-0.1, -0.05) is 6.92 Å². The van der Waals surface area contributed by atoms with Crippen LogP contribution in [0.2, 0.25) is 0 Å². The number of hydrogen-bond acceptors (Lipinski definition) is 4. The van der Waals surface area contributed by atoms with Gasteiger partial charge in [0.15, 0.2) is 6.10 Å². The minimum Gasteiger partial charge on any atom is -0.481 e. The van der Waals surface area contributed by atoms with Crippen LogP contribution in [0.1, 0.15) is 32.6 Å². The normalized spacial score (nSPS) is 25.3. The highest BCUT2D eigenvalue weighted by molar-refractivity contribution is 5.70. The molecule has 136 valence electrons. The summed E-state index contributed by atoms with van der Waals surface area (Å²) in [6.45, 7) is 5.80. The third-order valence-corrected chi connectivity index (χ3v) is 4.51. The first kappa shape index (κ1) is 20.2. The molecule has 2 aliphatic heterocycles. The molecule has 0 spiro atoms. The number of alkyl halides is 3. The van der Waals surface area contributed by atoms with Crippen LogP contribution in [-0.4, -0.2) is 66.1 Å². The van der Waals surface area contributed by atoms with Gasteiger partial charge < -0.3 is 20.4 Å². The molecule has 1 unspecified atom stereocenters. The Morgan fingerprint density at radius 1 is 1.30 bits per heavy atom. The Balaban J connectivity index is 0.000000253. The van der Waals surface area contributed by atoms with E-state index in [-0.39, 0.29) is 5.92 Å².